The lowest BCUT2D eigenvalue weighted by Gasteiger charge is -2.36. The molecule has 0 amide bonds. The van der Waals surface area contributed by atoms with E-state index >= 15 is 0 Å². The smallest absolute Gasteiger partial charge is 0.147 e. The zero-order valence-corrected chi connectivity index (χ0v) is 9.10. The predicted octanol–water partition coefficient (Wildman–Crippen LogP) is -0.675. The first kappa shape index (κ1) is 10.9. The molecule has 1 aliphatic heterocycles. The zero-order valence-electron chi connectivity index (χ0n) is 8.28. The highest BCUT2D eigenvalue weighted by atomic mass is 32.2. The minimum atomic E-state index is -2.77. The third-order valence-corrected chi connectivity index (χ3v) is 3.22. The maximum absolute atomic E-state index is 10.8. The van der Waals surface area contributed by atoms with Crippen molar-refractivity contribution in [2.24, 2.45) is 0 Å². The highest BCUT2D eigenvalue weighted by Gasteiger charge is 2.21. The van der Waals surface area contributed by atoms with Crippen LogP contribution in [0.5, 0.6) is 0 Å². The molecule has 1 aliphatic rings. The molecule has 0 aromatic rings. The summed E-state index contributed by atoms with van der Waals surface area (Å²) >= 11 is 0. The van der Waals surface area contributed by atoms with E-state index in [1.54, 1.807) is 0 Å². The highest BCUT2D eigenvalue weighted by Crippen LogP contribution is 2.02. The molecule has 1 fully saturated rings. The molecule has 0 aliphatic carbocycles. The maximum Gasteiger partial charge on any atom is 0.147 e. The molecular weight excluding hydrogens is 188 g/mol. The van der Waals surface area contributed by atoms with Gasteiger partial charge in [-0.2, -0.15) is 0 Å². The monoisotopic (exact) mass is 206 g/mol. The maximum atomic E-state index is 10.8. The summed E-state index contributed by atoms with van der Waals surface area (Å²) in [6, 6.07) is 0.574. The number of hydrogen-bond donors (Lipinski definition) is 1. The molecule has 5 heteroatoms. The summed E-state index contributed by atoms with van der Waals surface area (Å²) in [5, 5.41) is 3.32. The largest absolute Gasteiger partial charge is 0.311 e. The van der Waals surface area contributed by atoms with Crippen molar-refractivity contribution in [3.05, 3.63) is 0 Å². The molecule has 4 nitrogen and oxygen atoms in total. The average Bonchev–Trinajstić information content (AvgIpc) is 1.91. The van der Waals surface area contributed by atoms with Gasteiger partial charge in [-0.3, -0.25) is 0 Å². The topological polar surface area (TPSA) is 49.4 Å². The molecule has 13 heavy (non-hydrogen) atoms. The number of likely N-dealkylation sites (tertiary alicyclic amines) is 1. The van der Waals surface area contributed by atoms with Crippen LogP contribution in [0.1, 0.15) is 6.42 Å². The van der Waals surface area contributed by atoms with Crippen LogP contribution in [-0.2, 0) is 9.84 Å². The molecule has 0 bridgehead atoms. The molecule has 0 atom stereocenters. The van der Waals surface area contributed by atoms with E-state index in [-0.39, 0.29) is 0 Å². The summed E-state index contributed by atoms with van der Waals surface area (Å²) in [4.78, 5) is 2.23. The summed E-state index contributed by atoms with van der Waals surface area (Å²) in [6.07, 6.45) is 2.00. The van der Waals surface area contributed by atoms with E-state index in [9.17, 15) is 8.42 Å². The van der Waals surface area contributed by atoms with Gasteiger partial charge in [0.15, 0.2) is 0 Å². The fraction of sp³-hybridized carbons (Fsp3) is 1.00. The van der Waals surface area contributed by atoms with Gasteiger partial charge < -0.3 is 10.2 Å². The minimum Gasteiger partial charge on any atom is -0.311 e. The van der Waals surface area contributed by atoms with Crippen molar-refractivity contribution >= 4 is 9.84 Å². The first-order valence-corrected chi connectivity index (χ1v) is 6.63. The number of likely N-dealkylation sites (N-methyl/N-ethyl adjacent to an activating group) is 1. The third-order valence-electron chi connectivity index (χ3n) is 2.19. The molecule has 1 rings (SSSR count). The van der Waals surface area contributed by atoms with Crippen molar-refractivity contribution in [2.45, 2.75) is 12.5 Å². The normalized spacial score (nSPS) is 20.2. The number of nitrogens with zero attached hydrogens (tertiary/aromatic N) is 1. The van der Waals surface area contributed by atoms with Crippen LogP contribution in [0.4, 0.5) is 0 Å². The lowest BCUT2D eigenvalue weighted by Crippen LogP contribution is -2.56. The van der Waals surface area contributed by atoms with Gasteiger partial charge in [-0.05, 0) is 20.0 Å². The van der Waals surface area contributed by atoms with E-state index in [0.717, 1.165) is 26.1 Å². The van der Waals surface area contributed by atoms with Crippen LogP contribution < -0.4 is 5.32 Å². The predicted molar refractivity (Wildman–Crippen MR) is 53.6 cm³/mol. The van der Waals surface area contributed by atoms with E-state index in [4.69, 9.17) is 0 Å². The van der Waals surface area contributed by atoms with E-state index in [1.165, 1.54) is 6.26 Å². The van der Waals surface area contributed by atoms with E-state index in [2.05, 4.69) is 17.3 Å². The van der Waals surface area contributed by atoms with Crippen molar-refractivity contribution in [3.8, 4) is 0 Å². The van der Waals surface area contributed by atoms with E-state index in [1.807, 2.05) is 0 Å². The van der Waals surface area contributed by atoms with Crippen LogP contribution in [0.3, 0.4) is 0 Å². The van der Waals surface area contributed by atoms with Crippen LogP contribution in [-0.4, -0.2) is 58.1 Å². The number of nitrogens with one attached hydrogen (secondary N) is 1. The molecule has 0 saturated carbocycles. The molecule has 0 aromatic heterocycles. The number of sulfone groups is 1. The second-order valence-electron chi connectivity index (χ2n) is 3.86. The first-order chi connectivity index (χ1) is 5.97. The van der Waals surface area contributed by atoms with Crippen LogP contribution in [0.25, 0.3) is 0 Å². The standard InChI is InChI=1S/C8H18N2O2S/c1-10-6-8(7-10)9-4-3-5-13(2,11)12/h8-9H,3-7H2,1-2H3. The molecule has 0 aromatic carbocycles. The molecular formula is C8H18N2O2S. The lowest BCUT2D eigenvalue weighted by atomic mass is 10.1. The van der Waals surface area contributed by atoms with Crippen LogP contribution in [0.2, 0.25) is 0 Å². The van der Waals surface area contributed by atoms with Gasteiger partial charge in [-0.25, -0.2) is 8.42 Å². The summed E-state index contributed by atoms with van der Waals surface area (Å²) in [5.41, 5.74) is 0. The number of hydrogen-bond acceptors (Lipinski definition) is 4. The molecule has 1 saturated heterocycles. The fourth-order valence-electron chi connectivity index (χ4n) is 1.47. The van der Waals surface area contributed by atoms with Crippen molar-refractivity contribution in [1.82, 2.24) is 10.2 Å². The second kappa shape index (κ2) is 4.39. The third kappa shape index (κ3) is 4.59. The Balaban J connectivity index is 1.96. The average molecular weight is 206 g/mol. The van der Waals surface area contributed by atoms with Gasteiger partial charge in [0.2, 0.25) is 0 Å². The van der Waals surface area contributed by atoms with E-state index < -0.39 is 9.84 Å². The molecule has 0 spiro atoms. The Morgan fingerprint density at radius 2 is 2.08 bits per heavy atom. The van der Waals surface area contributed by atoms with Gasteiger partial charge in [0, 0.05) is 25.4 Å². The minimum absolute atomic E-state index is 0.294. The van der Waals surface area contributed by atoms with Crippen molar-refractivity contribution in [1.29, 1.82) is 0 Å². The fourth-order valence-corrected chi connectivity index (χ4v) is 2.14. The van der Waals surface area contributed by atoms with Gasteiger partial charge in [0.1, 0.15) is 9.84 Å². The molecule has 0 radical (unpaired) electrons. The van der Waals surface area contributed by atoms with Crippen molar-refractivity contribution in [3.63, 3.8) is 0 Å². The highest BCUT2D eigenvalue weighted by molar-refractivity contribution is 7.90. The van der Waals surface area contributed by atoms with Crippen molar-refractivity contribution < 1.29 is 8.42 Å². The molecule has 1 N–H and O–H groups in total. The van der Waals surface area contributed by atoms with Crippen LogP contribution in [0.15, 0.2) is 0 Å². The van der Waals surface area contributed by atoms with Crippen LogP contribution in [0, 0.1) is 0 Å². The second-order valence-corrected chi connectivity index (χ2v) is 6.12. The molecule has 1 heterocycles. The Kier molecular flexibility index (Phi) is 3.70. The Labute approximate surface area is 80.2 Å². The van der Waals surface area contributed by atoms with Crippen molar-refractivity contribution in [2.75, 3.05) is 38.7 Å². The van der Waals surface area contributed by atoms with Gasteiger partial charge in [-0.1, -0.05) is 0 Å². The molecule has 0 unspecified atom stereocenters. The summed E-state index contributed by atoms with van der Waals surface area (Å²) in [6.45, 7) is 2.98. The lowest BCUT2D eigenvalue weighted by molar-refractivity contribution is 0.162. The Morgan fingerprint density at radius 1 is 1.46 bits per heavy atom. The summed E-state index contributed by atoms with van der Waals surface area (Å²) in [5.74, 6) is 0.294. The Bertz CT molecular complexity index is 245. The van der Waals surface area contributed by atoms with Gasteiger partial charge in [0.05, 0.1) is 5.75 Å². The first-order valence-electron chi connectivity index (χ1n) is 4.57. The van der Waals surface area contributed by atoms with Crippen LogP contribution >= 0.6 is 0 Å². The van der Waals surface area contributed by atoms with E-state index in [0.29, 0.717) is 11.8 Å². The Hall–Kier alpha value is -0.130. The van der Waals surface area contributed by atoms with Gasteiger partial charge in [-0.15, -0.1) is 0 Å². The summed E-state index contributed by atoms with van der Waals surface area (Å²) < 4.78 is 21.6. The number of rotatable bonds is 5. The Morgan fingerprint density at radius 3 is 2.54 bits per heavy atom. The zero-order chi connectivity index (χ0) is 9.90. The van der Waals surface area contributed by atoms with Gasteiger partial charge >= 0.3 is 0 Å². The van der Waals surface area contributed by atoms with Gasteiger partial charge in [0.25, 0.3) is 0 Å². The SMILES string of the molecule is CN1CC(NCCCS(C)(=O)=O)C1. The summed E-state index contributed by atoms with van der Waals surface area (Å²) in [7, 11) is -0.694. The quantitative estimate of drug-likeness (QED) is 0.606. The molecule has 78 valence electrons.